The van der Waals surface area contributed by atoms with Gasteiger partial charge in [0, 0.05) is 25.9 Å². The van der Waals surface area contributed by atoms with Crippen molar-refractivity contribution in [3.8, 4) is 0 Å². The summed E-state index contributed by atoms with van der Waals surface area (Å²) in [6.45, 7) is 6.86. The molecule has 27 heavy (non-hydrogen) atoms. The van der Waals surface area contributed by atoms with E-state index in [-0.39, 0.29) is 18.4 Å². The fourth-order valence-corrected chi connectivity index (χ4v) is 4.43. The molecule has 1 aromatic carbocycles. The van der Waals surface area contributed by atoms with Crippen molar-refractivity contribution in [3.05, 3.63) is 35.9 Å². The largest absolute Gasteiger partial charge is 0.480 e. The molecular formula is C21H30N2O4. The summed E-state index contributed by atoms with van der Waals surface area (Å²) in [7, 11) is 0. The Kier molecular flexibility index (Phi) is 6.17. The number of carbonyl (C=O) groups is 2. The molecule has 2 heterocycles. The Balaban J connectivity index is 1.88. The van der Waals surface area contributed by atoms with Crippen LogP contribution in [0.1, 0.15) is 51.0 Å². The third kappa shape index (κ3) is 3.87. The van der Waals surface area contributed by atoms with E-state index in [4.69, 9.17) is 4.74 Å². The number of carbonyl (C=O) groups excluding carboxylic acids is 1. The lowest BCUT2D eigenvalue weighted by Crippen LogP contribution is -2.59. The summed E-state index contributed by atoms with van der Waals surface area (Å²) in [6, 6.07) is 8.72. The molecule has 0 aliphatic carbocycles. The first-order chi connectivity index (χ1) is 13.0. The van der Waals surface area contributed by atoms with Crippen molar-refractivity contribution in [3.63, 3.8) is 0 Å². The van der Waals surface area contributed by atoms with Crippen molar-refractivity contribution in [2.75, 3.05) is 26.2 Å². The number of amides is 1. The van der Waals surface area contributed by atoms with Crippen molar-refractivity contribution < 1.29 is 19.4 Å². The maximum atomic E-state index is 13.5. The molecule has 2 saturated heterocycles. The molecule has 0 saturated carbocycles. The van der Waals surface area contributed by atoms with Gasteiger partial charge in [-0.3, -0.25) is 9.69 Å². The molecule has 2 aliphatic rings. The molecule has 6 heteroatoms. The lowest BCUT2D eigenvalue weighted by Gasteiger charge is -2.45. The van der Waals surface area contributed by atoms with E-state index in [1.165, 1.54) is 0 Å². The lowest BCUT2D eigenvalue weighted by molar-refractivity contribution is -0.167. The van der Waals surface area contributed by atoms with Crippen LogP contribution in [0.15, 0.2) is 30.3 Å². The van der Waals surface area contributed by atoms with Crippen LogP contribution < -0.4 is 0 Å². The fourth-order valence-electron chi connectivity index (χ4n) is 4.43. The molecule has 1 amide bonds. The van der Waals surface area contributed by atoms with Crippen LogP contribution in [-0.2, 0) is 14.3 Å². The van der Waals surface area contributed by atoms with Crippen LogP contribution in [0.5, 0.6) is 0 Å². The SMILES string of the molecule is CCCN1CCC2(CC1)OC[C@@H](C(=O)O)N2C(=O)[C@@H](CC)c1ccccc1. The number of likely N-dealkylation sites (tertiary alicyclic amines) is 1. The molecule has 2 fully saturated rings. The Morgan fingerprint density at radius 2 is 1.89 bits per heavy atom. The minimum absolute atomic E-state index is 0.0695. The van der Waals surface area contributed by atoms with E-state index in [9.17, 15) is 14.7 Å². The van der Waals surface area contributed by atoms with Gasteiger partial charge in [0.2, 0.25) is 5.91 Å². The maximum Gasteiger partial charge on any atom is 0.328 e. The van der Waals surface area contributed by atoms with Gasteiger partial charge >= 0.3 is 5.97 Å². The van der Waals surface area contributed by atoms with Gasteiger partial charge in [-0.2, -0.15) is 0 Å². The molecule has 1 spiro atoms. The number of carboxylic acids is 1. The summed E-state index contributed by atoms with van der Waals surface area (Å²) in [5.41, 5.74) is 0.145. The molecule has 0 aromatic heterocycles. The van der Waals surface area contributed by atoms with Gasteiger partial charge in [-0.25, -0.2) is 4.79 Å². The number of piperidine rings is 1. The summed E-state index contributed by atoms with van der Waals surface area (Å²) >= 11 is 0. The summed E-state index contributed by atoms with van der Waals surface area (Å²) < 4.78 is 6.04. The molecule has 1 aromatic rings. The highest BCUT2D eigenvalue weighted by molar-refractivity contribution is 5.89. The van der Waals surface area contributed by atoms with Gasteiger partial charge in [-0.1, -0.05) is 44.2 Å². The minimum Gasteiger partial charge on any atom is -0.480 e. The zero-order chi connectivity index (χ0) is 19.4. The third-order valence-electron chi connectivity index (χ3n) is 5.87. The molecular weight excluding hydrogens is 344 g/mol. The predicted octanol–water partition coefficient (Wildman–Crippen LogP) is 2.69. The molecule has 3 rings (SSSR count). The van der Waals surface area contributed by atoms with Crippen molar-refractivity contribution in [2.45, 2.75) is 57.2 Å². The number of benzene rings is 1. The second kappa shape index (κ2) is 8.40. The Bertz CT molecular complexity index is 655. The molecule has 2 aliphatic heterocycles. The number of aliphatic carboxylic acids is 1. The third-order valence-corrected chi connectivity index (χ3v) is 5.87. The fraction of sp³-hybridized carbons (Fsp3) is 0.619. The summed E-state index contributed by atoms with van der Waals surface area (Å²) in [6.07, 6.45) is 3.03. The van der Waals surface area contributed by atoms with Gasteiger partial charge < -0.3 is 14.7 Å². The van der Waals surface area contributed by atoms with Gasteiger partial charge in [-0.05, 0) is 24.9 Å². The van der Waals surface area contributed by atoms with Crippen molar-refractivity contribution in [1.82, 2.24) is 9.80 Å². The Morgan fingerprint density at radius 1 is 1.22 bits per heavy atom. The number of ether oxygens (including phenoxy) is 1. The van der Waals surface area contributed by atoms with Crippen LogP contribution >= 0.6 is 0 Å². The molecule has 0 radical (unpaired) electrons. The van der Waals surface area contributed by atoms with Crippen molar-refractivity contribution in [1.29, 1.82) is 0 Å². The minimum atomic E-state index is -0.987. The van der Waals surface area contributed by atoms with Gasteiger partial charge in [0.25, 0.3) is 0 Å². The number of nitrogens with zero attached hydrogens (tertiary/aromatic N) is 2. The first-order valence-electron chi connectivity index (χ1n) is 9.99. The van der Waals surface area contributed by atoms with Crippen molar-refractivity contribution >= 4 is 11.9 Å². The zero-order valence-electron chi connectivity index (χ0n) is 16.3. The van der Waals surface area contributed by atoms with Gasteiger partial charge in [0.05, 0.1) is 12.5 Å². The van der Waals surface area contributed by atoms with E-state index in [1.54, 1.807) is 4.90 Å². The lowest BCUT2D eigenvalue weighted by atomic mass is 9.91. The highest BCUT2D eigenvalue weighted by Gasteiger charge is 2.54. The smallest absolute Gasteiger partial charge is 0.328 e. The van der Waals surface area contributed by atoms with Crippen LogP contribution in [-0.4, -0.2) is 64.8 Å². The molecule has 6 nitrogen and oxygen atoms in total. The molecule has 1 N–H and O–H groups in total. The maximum absolute atomic E-state index is 13.5. The Morgan fingerprint density at radius 3 is 2.44 bits per heavy atom. The first kappa shape index (κ1) is 19.8. The van der Waals surface area contributed by atoms with E-state index in [2.05, 4.69) is 11.8 Å². The van der Waals surface area contributed by atoms with E-state index < -0.39 is 17.7 Å². The highest BCUT2D eigenvalue weighted by atomic mass is 16.5. The highest BCUT2D eigenvalue weighted by Crippen LogP contribution is 2.40. The van der Waals surface area contributed by atoms with E-state index in [0.717, 1.165) is 31.6 Å². The summed E-state index contributed by atoms with van der Waals surface area (Å²) in [5, 5.41) is 9.72. The summed E-state index contributed by atoms with van der Waals surface area (Å²) in [4.78, 5) is 29.3. The van der Waals surface area contributed by atoms with Crippen LogP contribution in [0.4, 0.5) is 0 Å². The molecule has 148 valence electrons. The van der Waals surface area contributed by atoms with Crippen LogP contribution in [0.3, 0.4) is 0 Å². The average molecular weight is 374 g/mol. The van der Waals surface area contributed by atoms with Crippen LogP contribution in [0.2, 0.25) is 0 Å². The topological polar surface area (TPSA) is 70.1 Å². The van der Waals surface area contributed by atoms with Gasteiger partial charge in [0.15, 0.2) is 6.04 Å². The van der Waals surface area contributed by atoms with Gasteiger partial charge in [0.1, 0.15) is 5.72 Å². The van der Waals surface area contributed by atoms with Crippen molar-refractivity contribution in [2.24, 2.45) is 0 Å². The molecule has 0 unspecified atom stereocenters. The van der Waals surface area contributed by atoms with Gasteiger partial charge in [-0.15, -0.1) is 0 Å². The van der Waals surface area contributed by atoms with E-state index >= 15 is 0 Å². The van der Waals surface area contributed by atoms with Crippen LogP contribution in [0.25, 0.3) is 0 Å². The first-order valence-corrected chi connectivity index (χ1v) is 9.99. The zero-order valence-corrected chi connectivity index (χ0v) is 16.3. The second-order valence-corrected chi connectivity index (χ2v) is 7.53. The Labute approximate surface area is 161 Å². The number of carboxylic acid groups (broad SMARTS) is 1. The van der Waals surface area contributed by atoms with E-state index in [1.807, 2.05) is 37.3 Å². The number of hydrogen-bond donors (Lipinski definition) is 1. The quantitative estimate of drug-likeness (QED) is 0.829. The number of hydrogen-bond acceptors (Lipinski definition) is 4. The second-order valence-electron chi connectivity index (χ2n) is 7.53. The van der Waals surface area contributed by atoms with E-state index in [0.29, 0.717) is 19.3 Å². The molecule has 0 bridgehead atoms. The summed E-state index contributed by atoms with van der Waals surface area (Å²) in [5.74, 6) is -1.46. The predicted molar refractivity (Wildman–Crippen MR) is 102 cm³/mol. The average Bonchev–Trinajstić information content (AvgIpc) is 3.04. The van der Waals surface area contributed by atoms with Crippen LogP contribution in [0, 0.1) is 0 Å². The number of rotatable bonds is 6. The molecule has 2 atom stereocenters. The standard InChI is InChI=1S/C21H30N2O4/c1-3-12-22-13-10-21(11-14-22)23(18(15-27-21)20(25)26)19(24)17(4-2)16-8-6-5-7-9-16/h5-9,17-18H,3-4,10-15H2,1-2H3,(H,25,26)/t17-,18-/m0/s1. The monoisotopic (exact) mass is 374 g/mol. The Hall–Kier alpha value is -1.92. The normalized spacial score (nSPS) is 23.5.